The summed E-state index contributed by atoms with van der Waals surface area (Å²) in [5, 5.41) is 0. The van der Waals surface area contributed by atoms with Crippen LogP contribution in [0.1, 0.15) is 36.3 Å². The number of ether oxygens (including phenoxy) is 2. The van der Waals surface area contributed by atoms with Crippen LogP contribution in [0.5, 0.6) is 11.5 Å². The fourth-order valence-electron chi connectivity index (χ4n) is 4.61. The van der Waals surface area contributed by atoms with E-state index in [9.17, 15) is 4.79 Å². The Balaban J connectivity index is 1.68. The lowest BCUT2D eigenvalue weighted by atomic mass is 9.70. The number of benzene rings is 1. The van der Waals surface area contributed by atoms with Crippen LogP contribution in [0.2, 0.25) is 0 Å². The highest BCUT2D eigenvalue weighted by molar-refractivity contribution is 5.88. The molecule has 0 amide bonds. The monoisotopic (exact) mass is 271 g/mol. The van der Waals surface area contributed by atoms with Gasteiger partial charge in [-0.3, -0.25) is 9.69 Å². The standard InChI is InChI=1S/C16H17NO3/c18-12-2-1-9-3-4-17-7-10-5-13-14(20-8-19-13)6-11(10)15(12)16(9)17/h5-6,9,15-16H,1-4,7-8H2. The highest BCUT2D eigenvalue weighted by atomic mass is 16.7. The van der Waals surface area contributed by atoms with Crippen molar-refractivity contribution in [2.24, 2.45) is 5.92 Å². The largest absolute Gasteiger partial charge is 0.454 e. The molecule has 0 radical (unpaired) electrons. The van der Waals surface area contributed by atoms with Crippen LogP contribution in [0.3, 0.4) is 0 Å². The molecule has 104 valence electrons. The van der Waals surface area contributed by atoms with Crippen molar-refractivity contribution in [3.63, 3.8) is 0 Å². The first-order chi connectivity index (χ1) is 9.81. The second-order valence-electron chi connectivity index (χ2n) is 6.40. The van der Waals surface area contributed by atoms with Gasteiger partial charge in [0.2, 0.25) is 6.79 Å². The van der Waals surface area contributed by atoms with Crippen molar-refractivity contribution in [3.8, 4) is 11.5 Å². The molecule has 4 nitrogen and oxygen atoms in total. The van der Waals surface area contributed by atoms with Crippen molar-refractivity contribution in [2.45, 2.75) is 37.8 Å². The zero-order valence-corrected chi connectivity index (χ0v) is 11.3. The Hall–Kier alpha value is -1.55. The quantitative estimate of drug-likeness (QED) is 0.724. The van der Waals surface area contributed by atoms with Crippen LogP contribution in [-0.4, -0.2) is 30.1 Å². The molecule has 4 heteroatoms. The highest BCUT2D eigenvalue weighted by Gasteiger charge is 2.49. The molecule has 3 unspecified atom stereocenters. The summed E-state index contributed by atoms with van der Waals surface area (Å²) in [5.74, 6) is 2.83. The summed E-state index contributed by atoms with van der Waals surface area (Å²) in [4.78, 5) is 15.0. The van der Waals surface area contributed by atoms with E-state index in [1.165, 1.54) is 17.5 Å². The molecule has 0 bridgehead atoms. The molecule has 2 fully saturated rings. The number of carbonyl (C=O) groups excluding carboxylic acids is 1. The molecule has 0 aromatic heterocycles. The van der Waals surface area contributed by atoms with Gasteiger partial charge in [-0.1, -0.05) is 0 Å². The molecular weight excluding hydrogens is 254 g/mol. The Morgan fingerprint density at radius 3 is 2.90 bits per heavy atom. The van der Waals surface area contributed by atoms with E-state index in [1.54, 1.807) is 0 Å². The van der Waals surface area contributed by atoms with Crippen LogP contribution >= 0.6 is 0 Å². The number of Topliss-reactive ketones (excluding diaryl/α,β-unsaturated/α-hetero) is 1. The van der Waals surface area contributed by atoms with Gasteiger partial charge in [0.25, 0.3) is 0 Å². The van der Waals surface area contributed by atoms with E-state index in [4.69, 9.17) is 9.47 Å². The Morgan fingerprint density at radius 2 is 2.00 bits per heavy atom. The summed E-state index contributed by atoms with van der Waals surface area (Å²) in [6, 6.07) is 4.59. The molecule has 1 aliphatic carbocycles. The molecule has 1 saturated carbocycles. The third kappa shape index (κ3) is 1.32. The first-order valence-electron chi connectivity index (χ1n) is 7.50. The van der Waals surface area contributed by atoms with E-state index in [0.29, 0.717) is 24.5 Å². The lowest BCUT2D eigenvalue weighted by Crippen LogP contribution is -2.47. The van der Waals surface area contributed by atoms with E-state index in [2.05, 4.69) is 17.0 Å². The van der Waals surface area contributed by atoms with Gasteiger partial charge in [0, 0.05) is 19.0 Å². The zero-order chi connectivity index (χ0) is 13.3. The smallest absolute Gasteiger partial charge is 0.231 e. The van der Waals surface area contributed by atoms with Crippen LogP contribution in [0.15, 0.2) is 12.1 Å². The van der Waals surface area contributed by atoms with Gasteiger partial charge in [-0.25, -0.2) is 0 Å². The minimum absolute atomic E-state index is 0.0644. The normalized spacial score (nSPS) is 34.0. The number of rotatable bonds is 0. The predicted octanol–water partition coefficient (Wildman–Crippen LogP) is 2.07. The lowest BCUT2D eigenvalue weighted by Gasteiger charge is -2.42. The molecule has 1 saturated heterocycles. The second-order valence-corrected chi connectivity index (χ2v) is 6.40. The SMILES string of the molecule is O=C1CCC2CCN3Cc4cc5c(cc4C1C23)OCO5. The maximum absolute atomic E-state index is 12.5. The first kappa shape index (κ1) is 11.1. The number of ketones is 1. The van der Waals surface area contributed by atoms with Gasteiger partial charge in [-0.05, 0) is 48.6 Å². The predicted molar refractivity (Wildman–Crippen MR) is 71.9 cm³/mol. The van der Waals surface area contributed by atoms with Crippen molar-refractivity contribution in [1.82, 2.24) is 4.90 Å². The third-order valence-corrected chi connectivity index (χ3v) is 5.48. The molecule has 0 spiro atoms. The molecule has 1 aromatic carbocycles. The molecule has 3 atom stereocenters. The van der Waals surface area contributed by atoms with E-state index in [1.807, 2.05) is 0 Å². The van der Waals surface area contributed by atoms with Crippen LogP contribution in [0.4, 0.5) is 0 Å². The maximum Gasteiger partial charge on any atom is 0.231 e. The Labute approximate surface area is 117 Å². The van der Waals surface area contributed by atoms with Gasteiger partial charge in [-0.15, -0.1) is 0 Å². The van der Waals surface area contributed by atoms with Crippen molar-refractivity contribution < 1.29 is 14.3 Å². The van der Waals surface area contributed by atoms with Crippen molar-refractivity contribution in [3.05, 3.63) is 23.3 Å². The van der Waals surface area contributed by atoms with E-state index in [-0.39, 0.29) is 5.92 Å². The highest BCUT2D eigenvalue weighted by Crippen LogP contribution is 2.49. The molecule has 1 aromatic rings. The zero-order valence-electron chi connectivity index (χ0n) is 11.3. The molecule has 5 rings (SSSR count). The number of hydrogen-bond acceptors (Lipinski definition) is 4. The average Bonchev–Trinajstić information content (AvgIpc) is 3.06. The van der Waals surface area contributed by atoms with Crippen LogP contribution in [-0.2, 0) is 11.3 Å². The molecule has 0 N–H and O–H groups in total. The summed E-state index contributed by atoms with van der Waals surface area (Å²) in [5.41, 5.74) is 2.46. The van der Waals surface area contributed by atoms with Gasteiger partial charge >= 0.3 is 0 Å². The van der Waals surface area contributed by atoms with Crippen molar-refractivity contribution in [2.75, 3.05) is 13.3 Å². The van der Waals surface area contributed by atoms with Gasteiger partial charge < -0.3 is 9.47 Å². The topological polar surface area (TPSA) is 38.8 Å². The minimum atomic E-state index is 0.0644. The Bertz CT molecular complexity index is 612. The molecule has 20 heavy (non-hydrogen) atoms. The first-order valence-corrected chi connectivity index (χ1v) is 7.50. The summed E-state index contributed by atoms with van der Waals surface area (Å²) in [6.07, 6.45) is 3.07. The average molecular weight is 271 g/mol. The summed E-state index contributed by atoms with van der Waals surface area (Å²) >= 11 is 0. The summed E-state index contributed by atoms with van der Waals surface area (Å²) in [7, 11) is 0. The fourth-order valence-corrected chi connectivity index (χ4v) is 4.61. The Kier molecular flexibility index (Phi) is 2.09. The number of hydrogen-bond donors (Lipinski definition) is 0. The van der Waals surface area contributed by atoms with Crippen LogP contribution < -0.4 is 9.47 Å². The van der Waals surface area contributed by atoms with Gasteiger partial charge in [0.15, 0.2) is 11.5 Å². The number of fused-ring (bicyclic) bond motifs is 3. The van der Waals surface area contributed by atoms with Gasteiger partial charge in [0.1, 0.15) is 5.78 Å². The van der Waals surface area contributed by atoms with Crippen molar-refractivity contribution in [1.29, 1.82) is 0 Å². The fraction of sp³-hybridized carbons (Fsp3) is 0.562. The second kappa shape index (κ2) is 3.76. The Morgan fingerprint density at radius 1 is 1.15 bits per heavy atom. The summed E-state index contributed by atoms with van der Waals surface area (Å²) < 4.78 is 11.0. The summed E-state index contributed by atoms with van der Waals surface area (Å²) in [6.45, 7) is 2.39. The van der Waals surface area contributed by atoms with Crippen molar-refractivity contribution >= 4 is 5.78 Å². The number of carbonyl (C=O) groups is 1. The molecule has 3 heterocycles. The lowest BCUT2D eigenvalue weighted by molar-refractivity contribution is -0.125. The molecule has 3 aliphatic heterocycles. The molecular formula is C16H17NO3. The van der Waals surface area contributed by atoms with Gasteiger partial charge in [0.05, 0.1) is 5.92 Å². The number of nitrogens with zero attached hydrogens (tertiary/aromatic N) is 1. The van der Waals surface area contributed by atoms with Crippen LogP contribution in [0, 0.1) is 5.92 Å². The van der Waals surface area contributed by atoms with Crippen LogP contribution in [0.25, 0.3) is 0 Å². The van der Waals surface area contributed by atoms with Gasteiger partial charge in [-0.2, -0.15) is 0 Å². The maximum atomic E-state index is 12.5. The molecule has 4 aliphatic rings. The van der Waals surface area contributed by atoms with E-state index < -0.39 is 0 Å². The minimum Gasteiger partial charge on any atom is -0.454 e. The third-order valence-electron chi connectivity index (χ3n) is 5.48. The van der Waals surface area contributed by atoms with E-state index >= 15 is 0 Å². The van der Waals surface area contributed by atoms with E-state index in [0.717, 1.165) is 37.4 Å².